The Labute approximate surface area is 113 Å². The van der Waals surface area contributed by atoms with Crippen molar-refractivity contribution in [3.05, 3.63) is 29.6 Å². The first-order valence-electron chi connectivity index (χ1n) is 6.89. The molecule has 0 aliphatic heterocycles. The molecular formula is C15H21FN2O. The van der Waals surface area contributed by atoms with Gasteiger partial charge in [0.1, 0.15) is 5.82 Å². The van der Waals surface area contributed by atoms with Crippen LogP contribution in [0.4, 0.5) is 10.1 Å². The summed E-state index contributed by atoms with van der Waals surface area (Å²) in [6.45, 7) is 2.31. The summed E-state index contributed by atoms with van der Waals surface area (Å²) in [6.07, 6.45) is 4.02. The van der Waals surface area contributed by atoms with Gasteiger partial charge in [-0.05, 0) is 43.9 Å². The topological polar surface area (TPSA) is 55.1 Å². The molecule has 1 fully saturated rings. The Kier molecular flexibility index (Phi) is 4.53. The SMILES string of the molecule is Cc1cccc(F)c1NC(=O)C1CCCCC1CN. The lowest BCUT2D eigenvalue weighted by molar-refractivity contribution is -0.122. The molecule has 0 saturated heterocycles. The van der Waals surface area contributed by atoms with Crippen molar-refractivity contribution in [2.75, 3.05) is 11.9 Å². The van der Waals surface area contributed by atoms with Gasteiger partial charge >= 0.3 is 0 Å². The van der Waals surface area contributed by atoms with E-state index in [-0.39, 0.29) is 23.6 Å². The number of nitrogens with two attached hydrogens (primary N) is 1. The average molecular weight is 264 g/mol. The fourth-order valence-corrected chi connectivity index (χ4v) is 2.84. The first-order chi connectivity index (χ1) is 9.13. The summed E-state index contributed by atoms with van der Waals surface area (Å²) in [6, 6.07) is 4.80. The number of aryl methyl sites for hydroxylation is 1. The third kappa shape index (κ3) is 3.13. The molecule has 0 aromatic heterocycles. The molecule has 1 saturated carbocycles. The molecule has 2 rings (SSSR count). The van der Waals surface area contributed by atoms with E-state index < -0.39 is 0 Å². The Bertz CT molecular complexity index is 441. The summed E-state index contributed by atoms with van der Waals surface area (Å²) in [7, 11) is 0. The lowest BCUT2D eigenvalue weighted by Gasteiger charge is -2.29. The Morgan fingerprint density at radius 3 is 2.84 bits per heavy atom. The van der Waals surface area contributed by atoms with Crippen LogP contribution in [0.15, 0.2) is 18.2 Å². The van der Waals surface area contributed by atoms with Crippen LogP contribution in [0.5, 0.6) is 0 Å². The van der Waals surface area contributed by atoms with Gasteiger partial charge < -0.3 is 11.1 Å². The van der Waals surface area contributed by atoms with E-state index in [9.17, 15) is 9.18 Å². The van der Waals surface area contributed by atoms with Crippen LogP contribution in [0.2, 0.25) is 0 Å². The second-order valence-electron chi connectivity index (χ2n) is 5.31. The van der Waals surface area contributed by atoms with E-state index in [0.717, 1.165) is 31.2 Å². The number of hydrogen-bond acceptors (Lipinski definition) is 2. The van der Waals surface area contributed by atoms with Crippen LogP contribution in [0.1, 0.15) is 31.2 Å². The highest BCUT2D eigenvalue weighted by Crippen LogP contribution is 2.31. The lowest BCUT2D eigenvalue weighted by Crippen LogP contribution is -2.36. The van der Waals surface area contributed by atoms with E-state index in [4.69, 9.17) is 5.73 Å². The third-order valence-corrected chi connectivity index (χ3v) is 4.02. The number of para-hydroxylation sites is 1. The summed E-state index contributed by atoms with van der Waals surface area (Å²) in [5.41, 5.74) is 6.77. The minimum Gasteiger partial charge on any atom is -0.330 e. The number of carbonyl (C=O) groups excluding carboxylic acids is 1. The monoisotopic (exact) mass is 264 g/mol. The van der Waals surface area contributed by atoms with Gasteiger partial charge in [0.2, 0.25) is 5.91 Å². The van der Waals surface area contributed by atoms with E-state index in [2.05, 4.69) is 5.32 Å². The van der Waals surface area contributed by atoms with E-state index in [1.807, 2.05) is 0 Å². The van der Waals surface area contributed by atoms with Gasteiger partial charge in [0, 0.05) is 5.92 Å². The summed E-state index contributed by atoms with van der Waals surface area (Å²) >= 11 is 0. The number of hydrogen-bond donors (Lipinski definition) is 2. The van der Waals surface area contributed by atoms with Crippen molar-refractivity contribution in [3.8, 4) is 0 Å². The normalized spacial score (nSPS) is 23.1. The largest absolute Gasteiger partial charge is 0.330 e. The Hall–Kier alpha value is -1.42. The number of anilines is 1. The van der Waals surface area contributed by atoms with Gasteiger partial charge in [-0.2, -0.15) is 0 Å². The number of benzene rings is 1. The van der Waals surface area contributed by atoms with Crippen LogP contribution in [0.3, 0.4) is 0 Å². The van der Waals surface area contributed by atoms with Crippen molar-refractivity contribution in [2.24, 2.45) is 17.6 Å². The predicted octanol–water partition coefficient (Wildman–Crippen LogP) is 2.84. The molecule has 3 N–H and O–H groups in total. The molecule has 1 amide bonds. The van der Waals surface area contributed by atoms with Crippen molar-refractivity contribution in [1.82, 2.24) is 0 Å². The quantitative estimate of drug-likeness (QED) is 0.882. The maximum absolute atomic E-state index is 13.7. The minimum atomic E-state index is -0.381. The molecule has 0 radical (unpaired) electrons. The molecule has 0 heterocycles. The Balaban J connectivity index is 2.12. The number of carbonyl (C=O) groups is 1. The smallest absolute Gasteiger partial charge is 0.227 e. The summed E-state index contributed by atoms with van der Waals surface area (Å²) in [4.78, 5) is 12.3. The van der Waals surface area contributed by atoms with Gasteiger partial charge in [-0.3, -0.25) is 4.79 Å². The molecule has 1 aliphatic carbocycles. The predicted molar refractivity (Wildman–Crippen MR) is 74.3 cm³/mol. The molecule has 1 aromatic carbocycles. The molecule has 19 heavy (non-hydrogen) atoms. The van der Waals surface area contributed by atoms with Crippen LogP contribution >= 0.6 is 0 Å². The zero-order valence-electron chi connectivity index (χ0n) is 11.3. The molecule has 4 heteroatoms. The maximum atomic E-state index is 13.7. The summed E-state index contributed by atoms with van der Waals surface area (Å²) in [5, 5.41) is 2.74. The maximum Gasteiger partial charge on any atom is 0.227 e. The summed E-state index contributed by atoms with van der Waals surface area (Å²) in [5.74, 6) is -0.338. The van der Waals surface area contributed by atoms with Crippen molar-refractivity contribution >= 4 is 11.6 Å². The van der Waals surface area contributed by atoms with E-state index in [1.165, 1.54) is 6.07 Å². The van der Waals surface area contributed by atoms with Gasteiger partial charge in [-0.1, -0.05) is 25.0 Å². The minimum absolute atomic E-state index is 0.0854. The molecule has 104 valence electrons. The highest BCUT2D eigenvalue weighted by Gasteiger charge is 2.30. The molecule has 1 aliphatic rings. The number of rotatable bonds is 3. The van der Waals surface area contributed by atoms with Crippen LogP contribution in [-0.4, -0.2) is 12.5 Å². The zero-order valence-corrected chi connectivity index (χ0v) is 11.3. The van der Waals surface area contributed by atoms with Crippen LogP contribution in [0, 0.1) is 24.6 Å². The first-order valence-corrected chi connectivity index (χ1v) is 6.89. The van der Waals surface area contributed by atoms with Crippen LogP contribution < -0.4 is 11.1 Å². The number of nitrogens with one attached hydrogen (secondary N) is 1. The van der Waals surface area contributed by atoms with Crippen LogP contribution in [-0.2, 0) is 4.79 Å². The highest BCUT2D eigenvalue weighted by molar-refractivity contribution is 5.93. The molecular weight excluding hydrogens is 243 g/mol. The van der Waals surface area contributed by atoms with Gasteiger partial charge in [-0.25, -0.2) is 4.39 Å². The second-order valence-corrected chi connectivity index (χ2v) is 5.31. The molecule has 3 nitrogen and oxygen atoms in total. The van der Waals surface area contributed by atoms with Gasteiger partial charge in [0.15, 0.2) is 0 Å². The fraction of sp³-hybridized carbons (Fsp3) is 0.533. The first kappa shape index (κ1) is 14.0. The van der Waals surface area contributed by atoms with Crippen molar-refractivity contribution in [2.45, 2.75) is 32.6 Å². The molecule has 1 aromatic rings. The van der Waals surface area contributed by atoms with Gasteiger partial charge in [0.25, 0.3) is 0 Å². The van der Waals surface area contributed by atoms with Crippen LogP contribution in [0.25, 0.3) is 0 Å². The van der Waals surface area contributed by atoms with Crippen molar-refractivity contribution < 1.29 is 9.18 Å². The van der Waals surface area contributed by atoms with Gasteiger partial charge in [-0.15, -0.1) is 0 Å². The summed E-state index contributed by atoms with van der Waals surface area (Å²) < 4.78 is 13.7. The number of halogens is 1. The Morgan fingerprint density at radius 1 is 1.42 bits per heavy atom. The van der Waals surface area contributed by atoms with E-state index >= 15 is 0 Å². The fourth-order valence-electron chi connectivity index (χ4n) is 2.84. The third-order valence-electron chi connectivity index (χ3n) is 4.02. The molecule has 2 unspecified atom stereocenters. The highest BCUT2D eigenvalue weighted by atomic mass is 19.1. The van der Waals surface area contributed by atoms with E-state index in [0.29, 0.717) is 12.2 Å². The average Bonchev–Trinajstić information content (AvgIpc) is 2.42. The molecule has 0 bridgehead atoms. The van der Waals surface area contributed by atoms with Gasteiger partial charge in [0.05, 0.1) is 5.69 Å². The zero-order chi connectivity index (χ0) is 13.8. The Morgan fingerprint density at radius 2 is 2.16 bits per heavy atom. The lowest BCUT2D eigenvalue weighted by atomic mass is 9.78. The van der Waals surface area contributed by atoms with Crippen molar-refractivity contribution in [1.29, 1.82) is 0 Å². The molecule has 2 atom stereocenters. The standard InChI is InChI=1S/C15H21FN2O/c1-10-5-4-8-13(16)14(10)18-15(19)12-7-3-2-6-11(12)9-17/h4-5,8,11-12H,2-3,6-7,9,17H2,1H3,(H,18,19). The number of amides is 1. The van der Waals surface area contributed by atoms with Crippen molar-refractivity contribution in [3.63, 3.8) is 0 Å². The van der Waals surface area contributed by atoms with E-state index in [1.54, 1.807) is 19.1 Å². The second kappa shape index (κ2) is 6.15. The molecule has 0 spiro atoms.